The summed E-state index contributed by atoms with van der Waals surface area (Å²) < 4.78 is 18.6. The van der Waals surface area contributed by atoms with Gasteiger partial charge in [-0.3, -0.25) is 0 Å². The van der Waals surface area contributed by atoms with Gasteiger partial charge in [-0.15, -0.1) is 0 Å². The predicted octanol–water partition coefficient (Wildman–Crippen LogP) is 3.88. The number of nitrogens with one attached hydrogen (secondary N) is 1. The fourth-order valence-electron chi connectivity index (χ4n) is 2.21. The van der Waals surface area contributed by atoms with Crippen molar-refractivity contribution in [3.05, 3.63) is 59.4 Å². The van der Waals surface area contributed by atoms with E-state index in [1.54, 1.807) is 7.11 Å². The van der Waals surface area contributed by atoms with Crippen molar-refractivity contribution in [2.24, 2.45) is 0 Å². The van der Waals surface area contributed by atoms with E-state index >= 15 is 0 Å². The van der Waals surface area contributed by atoms with Crippen LogP contribution in [0.25, 0.3) is 0 Å². The molecular formula is C17H18FNO3. The molecule has 0 fully saturated rings. The third kappa shape index (κ3) is 3.36. The topological polar surface area (TPSA) is 58.6 Å². The van der Waals surface area contributed by atoms with E-state index in [-0.39, 0.29) is 5.56 Å². The molecule has 0 unspecified atom stereocenters. The van der Waals surface area contributed by atoms with Crippen molar-refractivity contribution in [1.29, 1.82) is 0 Å². The number of benzene rings is 2. The Hall–Kier alpha value is -2.56. The number of carboxylic acid groups (broad SMARTS) is 1. The second kappa shape index (κ2) is 6.05. The molecule has 0 aromatic heterocycles. The summed E-state index contributed by atoms with van der Waals surface area (Å²) in [6.45, 7) is 3.91. The fourth-order valence-corrected chi connectivity index (χ4v) is 2.21. The molecule has 0 aliphatic rings. The molecular weight excluding hydrogens is 285 g/mol. The molecule has 0 radical (unpaired) electrons. The lowest BCUT2D eigenvalue weighted by molar-refractivity contribution is 0.0692. The Morgan fingerprint density at radius 1 is 1.18 bits per heavy atom. The first-order valence-electron chi connectivity index (χ1n) is 6.79. The number of aromatic carboxylic acids is 1. The van der Waals surface area contributed by atoms with Gasteiger partial charge < -0.3 is 15.2 Å². The molecule has 0 bridgehead atoms. The maximum absolute atomic E-state index is 13.4. The van der Waals surface area contributed by atoms with Crippen molar-refractivity contribution in [1.82, 2.24) is 0 Å². The number of anilines is 1. The molecule has 0 heterocycles. The summed E-state index contributed by atoms with van der Waals surface area (Å²) in [6, 6.07) is 11.5. The maximum Gasteiger partial charge on any atom is 0.338 e. The highest BCUT2D eigenvalue weighted by molar-refractivity contribution is 5.89. The van der Waals surface area contributed by atoms with Gasteiger partial charge in [-0.25, -0.2) is 9.18 Å². The van der Waals surface area contributed by atoms with Gasteiger partial charge in [0.05, 0.1) is 18.2 Å². The zero-order valence-corrected chi connectivity index (χ0v) is 12.7. The van der Waals surface area contributed by atoms with E-state index in [4.69, 9.17) is 9.84 Å². The fraction of sp³-hybridized carbons (Fsp3) is 0.235. The highest BCUT2D eigenvalue weighted by atomic mass is 19.1. The molecule has 4 nitrogen and oxygen atoms in total. The van der Waals surface area contributed by atoms with Crippen LogP contribution in [-0.2, 0) is 5.54 Å². The summed E-state index contributed by atoms with van der Waals surface area (Å²) in [6.07, 6.45) is 0. The smallest absolute Gasteiger partial charge is 0.338 e. The average Bonchev–Trinajstić information content (AvgIpc) is 2.48. The van der Waals surface area contributed by atoms with Crippen LogP contribution in [0.15, 0.2) is 42.5 Å². The van der Waals surface area contributed by atoms with E-state index in [1.165, 1.54) is 12.1 Å². The molecule has 0 amide bonds. The summed E-state index contributed by atoms with van der Waals surface area (Å²) >= 11 is 0. The molecule has 2 aromatic carbocycles. The standard InChI is InChI=1S/C17H18FNO3/c1-17(2,11-4-7-13(22-3)8-5-11)19-12-6-9-15(18)14(10-12)16(20)21/h4-10,19H,1-3H3,(H,20,21). The Balaban J connectivity index is 2.27. The monoisotopic (exact) mass is 303 g/mol. The third-order valence-corrected chi connectivity index (χ3v) is 3.47. The zero-order valence-electron chi connectivity index (χ0n) is 12.7. The number of hydrogen-bond acceptors (Lipinski definition) is 3. The second-order valence-electron chi connectivity index (χ2n) is 5.48. The first-order valence-corrected chi connectivity index (χ1v) is 6.79. The average molecular weight is 303 g/mol. The Labute approximate surface area is 128 Å². The molecule has 0 saturated carbocycles. The van der Waals surface area contributed by atoms with Crippen LogP contribution in [-0.4, -0.2) is 18.2 Å². The van der Waals surface area contributed by atoms with Gasteiger partial charge in [0.15, 0.2) is 0 Å². The van der Waals surface area contributed by atoms with Crippen LogP contribution < -0.4 is 10.1 Å². The molecule has 2 aromatic rings. The normalized spacial score (nSPS) is 11.1. The van der Waals surface area contributed by atoms with Crippen molar-refractivity contribution in [2.45, 2.75) is 19.4 Å². The van der Waals surface area contributed by atoms with Crippen molar-refractivity contribution < 1.29 is 19.0 Å². The lowest BCUT2D eigenvalue weighted by Gasteiger charge is -2.28. The molecule has 0 saturated heterocycles. The van der Waals surface area contributed by atoms with Crippen LogP contribution >= 0.6 is 0 Å². The number of methoxy groups -OCH3 is 1. The summed E-state index contributed by atoms with van der Waals surface area (Å²) in [5, 5.41) is 12.2. The highest BCUT2D eigenvalue weighted by Gasteiger charge is 2.21. The van der Waals surface area contributed by atoms with Gasteiger partial charge >= 0.3 is 5.97 Å². The maximum atomic E-state index is 13.4. The molecule has 0 spiro atoms. The van der Waals surface area contributed by atoms with Gasteiger partial charge in [0, 0.05) is 5.69 Å². The number of halogens is 1. The predicted molar refractivity (Wildman–Crippen MR) is 83.0 cm³/mol. The third-order valence-electron chi connectivity index (χ3n) is 3.47. The van der Waals surface area contributed by atoms with Crippen molar-refractivity contribution in [3.63, 3.8) is 0 Å². The summed E-state index contributed by atoms with van der Waals surface area (Å²) in [5.41, 5.74) is 0.726. The van der Waals surface area contributed by atoms with E-state index in [1.807, 2.05) is 38.1 Å². The van der Waals surface area contributed by atoms with Gasteiger partial charge in [-0.2, -0.15) is 0 Å². The van der Waals surface area contributed by atoms with E-state index in [0.29, 0.717) is 5.69 Å². The van der Waals surface area contributed by atoms with E-state index in [0.717, 1.165) is 17.4 Å². The quantitative estimate of drug-likeness (QED) is 0.880. The van der Waals surface area contributed by atoms with Crippen LogP contribution in [0.1, 0.15) is 29.8 Å². The molecule has 2 rings (SSSR count). The van der Waals surface area contributed by atoms with Gasteiger partial charge in [-0.05, 0) is 49.7 Å². The first-order chi connectivity index (χ1) is 10.3. The number of carboxylic acids is 1. The van der Waals surface area contributed by atoms with Gasteiger partial charge in [0.1, 0.15) is 11.6 Å². The number of hydrogen-bond donors (Lipinski definition) is 2. The molecule has 2 N–H and O–H groups in total. The molecule has 0 aliphatic carbocycles. The lowest BCUT2D eigenvalue weighted by atomic mass is 9.93. The zero-order chi connectivity index (χ0) is 16.3. The van der Waals surface area contributed by atoms with E-state index in [9.17, 15) is 9.18 Å². The van der Waals surface area contributed by atoms with Gasteiger partial charge in [-0.1, -0.05) is 12.1 Å². The first kappa shape index (κ1) is 15.8. The van der Waals surface area contributed by atoms with Crippen LogP contribution in [0, 0.1) is 5.82 Å². The molecule has 116 valence electrons. The summed E-state index contributed by atoms with van der Waals surface area (Å²) in [7, 11) is 1.60. The minimum atomic E-state index is -1.29. The highest BCUT2D eigenvalue weighted by Crippen LogP contribution is 2.28. The Kier molecular flexibility index (Phi) is 4.35. The van der Waals surface area contributed by atoms with Crippen molar-refractivity contribution in [3.8, 4) is 5.75 Å². The van der Waals surface area contributed by atoms with E-state index in [2.05, 4.69) is 5.32 Å². The van der Waals surface area contributed by atoms with Crippen molar-refractivity contribution in [2.75, 3.05) is 12.4 Å². The molecule has 0 aliphatic heterocycles. The number of ether oxygens (including phenoxy) is 1. The minimum Gasteiger partial charge on any atom is -0.497 e. The van der Waals surface area contributed by atoms with Crippen LogP contribution in [0.3, 0.4) is 0 Å². The van der Waals surface area contributed by atoms with E-state index < -0.39 is 17.3 Å². The Bertz CT molecular complexity index is 681. The van der Waals surface area contributed by atoms with Crippen LogP contribution in [0.2, 0.25) is 0 Å². The molecule has 5 heteroatoms. The number of carbonyl (C=O) groups is 1. The van der Waals surface area contributed by atoms with Gasteiger partial charge in [0.25, 0.3) is 0 Å². The van der Waals surface area contributed by atoms with Crippen LogP contribution in [0.5, 0.6) is 5.75 Å². The summed E-state index contributed by atoms with van der Waals surface area (Å²) in [5.74, 6) is -1.28. The largest absolute Gasteiger partial charge is 0.497 e. The summed E-state index contributed by atoms with van der Waals surface area (Å²) in [4.78, 5) is 11.0. The second-order valence-corrected chi connectivity index (χ2v) is 5.48. The Morgan fingerprint density at radius 2 is 1.82 bits per heavy atom. The lowest BCUT2D eigenvalue weighted by Crippen LogP contribution is -2.28. The van der Waals surface area contributed by atoms with Crippen LogP contribution in [0.4, 0.5) is 10.1 Å². The number of rotatable bonds is 5. The van der Waals surface area contributed by atoms with Gasteiger partial charge in [0.2, 0.25) is 0 Å². The minimum absolute atomic E-state index is 0.351. The Morgan fingerprint density at radius 3 is 2.36 bits per heavy atom. The van der Waals surface area contributed by atoms with Crippen molar-refractivity contribution >= 4 is 11.7 Å². The molecule has 0 atom stereocenters. The molecule has 22 heavy (non-hydrogen) atoms. The SMILES string of the molecule is COc1ccc(C(C)(C)Nc2ccc(F)c(C(=O)O)c2)cc1.